The number of hydrogen-bond donors (Lipinski definition) is 3. The van der Waals surface area contributed by atoms with Crippen LogP contribution >= 0.6 is 0 Å². The highest BCUT2D eigenvalue weighted by Crippen LogP contribution is 2.65. The molecule has 0 saturated heterocycles. The molecule has 4 heteroatoms. The Morgan fingerprint density at radius 1 is 1.00 bits per heavy atom. The van der Waals surface area contributed by atoms with E-state index in [1.807, 2.05) is 6.92 Å². The molecule has 4 unspecified atom stereocenters. The summed E-state index contributed by atoms with van der Waals surface area (Å²) in [5.41, 5.74) is -0.573. The van der Waals surface area contributed by atoms with Crippen molar-refractivity contribution in [3.63, 3.8) is 0 Å². The van der Waals surface area contributed by atoms with Crippen LogP contribution in [0.15, 0.2) is 0 Å². The third kappa shape index (κ3) is 1.98. The monoisotopic (exact) mass is 322 g/mol. The van der Waals surface area contributed by atoms with Crippen molar-refractivity contribution in [2.75, 3.05) is 0 Å². The summed E-state index contributed by atoms with van der Waals surface area (Å²) in [4.78, 5) is 12.5. The molecule has 0 heterocycles. The van der Waals surface area contributed by atoms with E-state index in [0.717, 1.165) is 32.1 Å². The molecule has 0 aromatic carbocycles. The smallest absolute Gasteiger partial charge is 0.141 e. The highest BCUT2D eigenvalue weighted by atomic mass is 16.3. The van der Waals surface area contributed by atoms with Gasteiger partial charge in [0.05, 0.1) is 23.7 Å². The summed E-state index contributed by atoms with van der Waals surface area (Å²) in [6.45, 7) is 4.24. The Morgan fingerprint density at radius 3 is 2.48 bits per heavy atom. The molecule has 0 aromatic heterocycles. The normalized spacial score (nSPS) is 59.2. The molecule has 0 aromatic rings. The van der Waals surface area contributed by atoms with Gasteiger partial charge in [0.2, 0.25) is 0 Å². The number of Topliss-reactive ketones (excluding diaryl/α,β-unsaturated/α-hetero) is 1. The first-order valence-electron chi connectivity index (χ1n) is 9.36. The minimum Gasteiger partial charge on any atom is -0.393 e. The van der Waals surface area contributed by atoms with Gasteiger partial charge in [0.25, 0.3) is 0 Å². The predicted molar refractivity (Wildman–Crippen MR) is 85.5 cm³/mol. The Hall–Kier alpha value is -0.450. The van der Waals surface area contributed by atoms with E-state index in [9.17, 15) is 20.1 Å². The van der Waals surface area contributed by atoms with Crippen molar-refractivity contribution in [1.29, 1.82) is 0 Å². The molecule has 4 saturated carbocycles. The number of fused-ring (bicyclic) bond motifs is 5. The molecule has 0 radical (unpaired) electrons. The number of ketones is 1. The Morgan fingerprint density at radius 2 is 1.74 bits per heavy atom. The maximum absolute atomic E-state index is 12.5. The third-order valence-corrected chi connectivity index (χ3v) is 8.47. The van der Waals surface area contributed by atoms with Crippen LogP contribution in [0.4, 0.5) is 0 Å². The second-order valence-corrected chi connectivity index (χ2v) is 9.22. The zero-order valence-electron chi connectivity index (χ0n) is 14.2. The first kappa shape index (κ1) is 16.0. The lowest BCUT2D eigenvalue weighted by molar-refractivity contribution is -0.197. The van der Waals surface area contributed by atoms with Gasteiger partial charge in [-0.2, -0.15) is 0 Å². The lowest BCUT2D eigenvalue weighted by Gasteiger charge is -2.62. The molecule has 9 atom stereocenters. The van der Waals surface area contributed by atoms with Crippen LogP contribution in [-0.2, 0) is 4.79 Å². The number of hydrogen-bond acceptors (Lipinski definition) is 4. The van der Waals surface area contributed by atoms with Gasteiger partial charge in [-0.25, -0.2) is 0 Å². The van der Waals surface area contributed by atoms with Crippen molar-refractivity contribution in [2.24, 2.45) is 34.5 Å². The average Bonchev–Trinajstić information content (AvgIpc) is 2.80. The van der Waals surface area contributed by atoms with Crippen LogP contribution in [-0.4, -0.2) is 39.4 Å². The quantitative estimate of drug-likeness (QED) is 0.636. The Kier molecular flexibility index (Phi) is 3.51. The minimum absolute atomic E-state index is 0.0804. The van der Waals surface area contributed by atoms with E-state index in [4.69, 9.17) is 0 Å². The van der Waals surface area contributed by atoms with Gasteiger partial charge in [0.15, 0.2) is 0 Å². The molecule has 4 aliphatic rings. The average molecular weight is 322 g/mol. The molecule has 4 fully saturated rings. The van der Waals surface area contributed by atoms with Gasteiger partial charge >= 0.3 is 0 Å². The van der Waals surface area contributed by atoms with Crippen LogP contribution in [0.5, 0.6) is 0 Å². The topological polar surface area (TPSA) is 77.8 Å². The molecule has 130 valence electrons. The van der Waals surface area contributed by atoms with Gasteiger partial charge in [-0.3, -0.25) is 4.79 Å². The lowest BCUT2D eigenvalue weighted by atomic mass is 9.44. The number of rotatable bonds is 0. The number of aliphatic hydroxyl groups is 3. The van der Waals surface area contributed by atoms with Gasteiger partial charge in [-0.1, -0.05) is 6.92 Å². The van der Waals surface area contributed by atoms with Crippen molar-refractivity contribution >= 4 is 5.78 Å². The summed E-state index contributed by atoms with van der Waals surface area (Å²) in [7, 11) is 0. The predicted octanol–water partition coefficient (Wildman–Crippen LogP) is 1.90. The Balaban J connectivity index is 1.72. The third-order valence-electron chi connectivity index (χ3n) is 8.47. The molecule has 4 nitrogen and oxygen atoms in total. The minimum atomic E-state index is -0.653. The molecule has 0 aliphatic heterocycles. The molecular formula is C19H30O4. The SMILES string of the molecule is C[C@]12CC[C@@H](O)C[C@H]1CC(O)C1C2C[C@H](O)[C@]2(C)C(=O)CCC12. The van der Waals surface area contributed by atoms with E-state index >= 15 is 0 Å². The van der Waals surface area contributed by atoms with Crippen LogP contribution in [0.1, 0.15) is 58.8 Å². The van der Waals surface area contributed by atoms with Crippen LogP contribution in [0.2, 0.25) is 0 Å². The van der Waals surface area contributed by atoms with Gasteiger partial charge in [0.1, 0.15) is 5.78 Å². The number of aliphatic hydroxyl groups excluding tert-OH is 3. The molecule has 0 bridgehead atoms. The van der Waals surface area contributed by atoms with Gasteiger partial charge < -0.3 is 15.3 Å². The van der Waals surface area contributed by atoms with E-state index in [-0.39, 0.29) is 35.1 Å². The summed E-state index contributed by atoms with van der Waals surface area (Å²) in [5, 5.41) is 31.8. The van der Waals surface area contributed by atoms with E-state index in [1.54, 1.807) is 0 Å². The number of carbonyl (C=O) groups excluding carboxylic acids is 1. The summed E-state index contributed by atoms with van der Waals surface area (Å²) < 4.78 is 0. The summed E-state index contributed by atoms with van der Waals surface area (Å²) in [5.74, 6) is 1.03. The van der Waals surface area contributed by atoms with Crippen LogP contribution < -0.4 is 0 Å². The highest BCUT2D eigenvalue weighted by molar-refractivity contribution is 5.87. The highest BCUT2D eigenvalue weighted by Gasteiger charge is 2.65. The fourth-order valence-corrected chi connectivity index (χ4v) is 6.96. The fraction of sp³-hybridized carbons (Fsp3) is 0.947. The second kappa shape index (κ2) is 5.03. The van der Waals surface area contributed by atoms with Crippen molar-refractivity contribution < 1.29 is 20.1 Å². The largest absolute Gasteiger partial charge is 0.393 e. The maximum atomic E-state index is 12.5. The molecular weight excluding hydrogens is 292 g/mol. The molecule has 4 rings (SSSR count). The lowest BCUT2D eigenvalue weighted by Crippen LogP contribution is -2.62. The van der Waals surface area contributed by atoms with Crippen LogP contribution in [0.3, 0.4) is 0 Å². The zero-order chi connectivity index (χ0) is 16.6. The zero-order valence-corrected chi connectivity index (χ0v) is 14.2. The van der Waals surface area contributed by atoms with E-state index in [1.165, 1.54) is 0 Å². The summed E-state index contributed by atoms with van der Waals surface area (Å²) >= 11 is 0. The van der Waals surface area contributed by atoms with Crippen molar-refractivity contribution in [2.45, 2.75) is 77.1 Å². The van der Waals surface area contributed by atoms with Crippen LogP contribution in [0, 0.1) is 34.5 Å². The van der Waals surface area contributed by atoms with E-state index < -0.39 is 17.6 Å². The van der Waals surface area contributed by atoms with Crippen molar-refractivity contribution in [3.05, 3.63) is 0 Å². The molecule has 23 heavy (non-hydrogen) atoms. The molecule has 0 amide bonds. The van der Waals surface area contributed by atoms with E-state index in [2.05, 4.69) is 6.92 Å². The summed E-state index contributed by atoms with van der Waals surface area (Å²) in [6, 6.07) is 0. The van der Waals surface area contributed by atoms with Gasteiger partial charge in [-0.15, -0.1) is 0 Å². The Labute approximate surface area is 138 Å². The van der Waals surface area contributed by atoms with Crippen molar-refractivity contribution in [3.8, 4) is 0 Å². The van der Waals surface area contributed by atoms with Crippen molar-refractivity contribution in [1.82, 2.24) is 0 Å². The Bertz CT molecular complexity index is 519. The number of carbonyl (C=O) groups is 1. The van der Waals surface area contributed by atoms with Gasteiger partial charge in [0, 0.05) is 6.42 Å². The standard InChI is InChI=1S/C19H30O4/c1-18-6-5-11(20)7-10(18)8-14(21)17-12-3-4-15(22)19(12,2)16(23)9-13(17)18/h10-14,16-17,20-21,23H,3-9H2,1-2H3/t10-,11+,12?,13?,14?,16-,17?,18-,19-/m0/s1. The molecule has 4 aliphatic carbocycles. The van der Waals surface area contributed by atoms with Gasteiger partial charge in [-0.05, 0) is 74.5 Å². The maximum Gasteiger partial charge on any atom is 0.141 e. The fourth-order valence-electron chi connectivity index (χ4n) is 6.96. The molecule has 0 spiro atoms. The van der Waals surface area contributed by atoms with Crippen LogP contribution in [0.25, 0.3) is 0 Å². The second-order valence-electron chi connectivity index (χ2n) is 9.22. The first-order chi connectivity index (χ1) is 10.8. The first-order valence-corrected chi connectivity index (χ1v) is 9.36. The molecule has 3 N–H and O–H groups in total. The van der Waals surface area contributed by atoms with E-state index in [0.29, 0.717) is 18.8 Å². The summed E-state index contributed by atoms with van der Waals surface area (Å²) in [6.07, 6.45) is 4.07.